The first-order valence-corrected chi connectivity index (χ1v) is 8.85. The van der Waals surface area contributed by atoms with Gasteiger partial charge in [0.1, 0.15) is 4.90 Å². The first-order valence-electron chi connectivity index (χ1n) is 6.61. The molecule has 0 bridgehead atoms. The lowest BCUT2D eigenvalue weighted by Crippen LogP contribution is -2.24. The van der Waals surface area contributed by atoms with Crippen molar-refractivity contribution in [2.45, 2.75) is 4.90 Å². The van der Waals surface area contributed by atoms with Gasteiger partial charge in [0.25, 0.3) is 15.9 Å². The van der Waals surface area contributed by atoms with Crippen molar-refractivity contribution in [2.75, 3.05) is 18.8 Å². The van der Waals surface area contributed by atoms with Crippen LogP contribution in [0.4, 0.5) is 10.1 Å². The summed E-state index contributed by atoms with van der Waals surface area (Å²) in [5.41, 5.74) is 0.0241. The lowest BCUT2D eigenvalue weighted by atomic mass is 10.1. The van der Waals surface area contributed by atoms with Crippen molar-refractivity contribution in [2.24, 2.45) is 0 Å². The van der Waals surface area contributed by atoms with Crippen LogP contribution in [0.2, 0.25) is 10.0 Å². The number of amides is 1. The summed E-state index contributed by atoms with van der Waals surface area (Å²) < 4.78 is 41.1. The number of nitrogens with zero attached hydrogens (tertiary/aromatic N) is 1. The van der Waals surface area contributed by atoms with Crippen LogP contribution in [0.3, 0.4) is 0 Å². The Morgan fingerprint density at radius 3 is 2.46 bits per heavy atom. The fraction of sp³-hybridized carbons (Fsp3) is 0.133. The molecule has 0 heterocycles. The van der Waals surface area contributed by atoms with Crippen molar-refractivity contribution in [1.29, 1.82) is 0 Å². The zero-order valence-electron chi connectivity index (χ0n) is 12.7. The molecule has 0 aliphatic heterocycles. The van der Waals surface area contributed by atoms with E-state index in [1.807, 2.05) is 0 Å². The number of carbonyl (C=O) groups is 1. The largest absolute Gasteiger partial charge is 0.345 e. The van der Waals surface area contributed by atoms with Gasteiger partial charge in [0.2, 0.25) is 0 Å². The molecule has 0 radical (unpaired) electrons. The molecule has 0 aliphatic rings. The highest BCUT2D eigenvalue weighted by Crippen LogP contribution is 2.27. The van der Waals surface area contributed by atoms with E-state index in [1.165, 1.54) is 49.3 Å². The van der Waals surface area contributed by atoms with Gasteiger partial charge in [-0.25, -0.2) is 12.8 Å². The van der Waals surface area contributed by atoms with Crippen LogP contribution in [0.25, 0.3) is 0 Å². The molecule has 0 aliphatic carbocycles. The van der Waals surface area contributed by atoms with Crippen molar-refractivity contribution in [3.8, 4) is 0 Å². The van der Waals surface area contributed by atoms with E-state index in [4.69, 9.17) is 23.2 Å². The molecule has 0 spiro atoms. The minimum Gasteiger partial charge on any atom is -0.345 e. The first-order chi connectivity index (χ1) is 11.1. The van der Waals surface area contributed by atoms with E-state index in [-0.39, 0.29) is 21.3 Å². The minimum atomic E-state index is -4.30. The van der Waals surface area contributed by atoms with Crippen LogP contribution in [0.15, 0.2) is 41.3 Å². The summed E-state index contributed by atoms with van der Waals surface area (Å²) in [7, 11) is -1.26. The molecule has 9 heteroatoms. The second-order valence-corrected chi connectivity index (χ2v) is 7.54. The zero-order chi connectivity index (χ0) is 18.1. The molecule has 0 fully saturated rings. The van der Waals surface area contributed by atoms with Crippen LogP contribution in [-0.2, 0) is 10.0 Å². The quantitative estimate of drug-likeness (QED) is 0.866. The Bertz CT molecular complexity index is 902. The number of sulfonamides is 1. The second-order valence-electron chi connectivity index (χ2n) is 5.05. The molecule has 128 valence electrons. The monoisotopic (exact) mass is 390 g/mol. The summed E-state index contributed by atoms with van der Waals surface area (Å²) in [5, 5.41) is -0.108. The topological polar surface area (TPSA) is 66.5 Å². The fourth-order valence-electron chi connectivity index (χ4n) is 1.92. The standard InChI is InChI=1S/C15H13Cl2FN2O3S/c1-20(2)15(21)10-7-6-9(16)8-12(10)19-24(22,23)13-5-3-4-11(17)14(13)18/h3-8,19H,1-2H3. The molecule has 0 saturated heterocycles. The van der Waals surface area contributed by atoms with Gasteiger partial charge in [-0.2, -0.15) is 0 Å². The molecule has 0 atom stereocenters. The van der Waals surface area contributed by atoms with Gasteiger partial charge in [-0.05, 0) is 30.3 Å². The van der Waals surface area contributed by atoms with Gasteiger partial charge in [0.15, 0.2) is 5.82 Å². The van der Waals surface area contributed by atoms with Crippen molar-refractivity contribution >= 4 is 44.8 Å². The number of benzene rings is 2. The number of rotatable bonds is 4. The molecule has 0 unspecified atom stereocenters. The molecular formula is C15H13Cl2FN2O3S. The van der Waals surface area contributed by atoms with E-state index in [0.717, 1.165) is 6.07 Å². The van der Waals surface area contributed by atoms with Gasteiger partial charge in [-0.1, -0.05) is 29.3 Å². The van der Waals surface area contributed by atoms with Crippen molar-refractivity contribution in [3.05, 3.63) is 57.8 Å². The van der Waals surface area contributed by atoms with E-state index < -0.39 is 26.6 Å². The van der Waals surface area contributed by atoms with E-state index in [2.05, 4.69) is 4.72 Å². The molecular weight excluding hydrogens is 378 g/mol. The number of carbonyl (C=O) groups excluding carboxylic acids is 1. The maximum absolute atomic E-state index is 14.0. The van der Waals surface area contributed by atoms with Crippen molar-refractivity contribution in [1.82, 2.24) is 4.90 Å². The van der Waals surface area contributed by atoms with Gasteiger partial charge in [-0.15, -0.1) is 0 Å². The molecule has 2 rings (SSSR count). The molecule has 2 aromatic rings. The molecule has 1 amide bonds. The summed E-state index contributed by atoms with van der Waals surface area (Å²) in [6.45, 7) is 0. The smallest absolute Gasteiger partial charge is 0.264 e. The lowest BCUT2D eigenvalue weighted by molar-refractivity contribution is 0.0828. The predicted molar refractivity (Wildman–Crippen MR) is 91.7 cm³/mol. The first kappa shape index (κ1) is 18.5. The van der Waals surface area contributed by atoms with Crippen LogP contribution in [-0.4, -0.2) is 33.3 Å². The van der Waals surface area contributed by atoms with E-state index in [9.17, 15) is 17.6 Å². The predicted octanol–water partition coefficient (Wildman–Crippen LogP) is 3.64. The zero-order valence-corrected chi connectivity index (χ0v) is 15.0. The van der Waals surface area contributed by atoms with E-state index in [1.54, 1.807) is 0 Å². The van der Waals surface area contributed by atoms with Crippen LogP contribution in [0.1, 0.15) is 10.4 Å². The maximum atomic E-state index is 14.0. The SMILES string of the molecule is CN(C)C(=O)c1ccc(Cl)cc1NS(=O)(=O)c1cccc(Cl)c1F. The summed E-state index contributed by atoms with van der Waals surface area (Å²) in [6.07, 6.45) is 0. The normalized spacial score (nSPS) is 11.2. The van der Waals surface area contributed by atoms with Crippen molar-refractivity contribution in [3.63, 3.8) is 0 Å². The Balaban J connectivity index is 2.52. The van der Waals surface area contributed by atoms with Crippen LogP contribution < -0.4 is 4.72 Å². The van der Waals surface area contributed by atoms with E-state index in [0.29, 0.717) is 0 Å². The highest BCUT2D eigenvalue weighted by Gasteiger charge is 2.24. The minimum absolute atomic E-state index is 0.0550. The number of hydrogen-bond donors (Lipinski definition) is 1. The number of hydrogen-bond acceptors (Lipinski definition) is 3. The summed E-state index contributed by atoms with van der Waals surface area (Å²) in [4.78, 5) is 12.8. The van der Waals surface area contributed by atoms with Gasteiger partial charge in [-0.3, -0.25) is 9.52 Å². The van der Waals surface area contributed by atoms with Crippen LogP contribution >= 0.6 is 23.2 Å². The number of nitrogens with one attached hydrogen (secondary N) is 1. The summed E-state index contributed by atoms with van der Waals surface area (Å²) in [5.74, 6) is -1.51. The lowest BCUT2D eigenvalue weighted by Gasteiger charge is -2.16. The van der Waals surface area contributed by atoms with Gasteiger partial charge in [0.05, 0.1) is 16.3 Å². The Kier molecular flexibility index (Phi) is 5.37. The van der Waals surface area contributed by atoms with Gasteiger partial charge < -0.3 is 4.90 Å². The maximum Gasteiger partial charge on any atom is 0.264 e. The molecule has 5 nitrogen and oxygen atoms in total. The summed E-state index contributed by atoms with van der Waals surface area (Å²) >= 11 is 11.5. The molecule has 2 aromatic carbocycles. The highest BCUT2D eigenvalue weighted by atomic mass is 35.5. The molecule has 0 aromatic heterocycles. The Labute approximate surface area is 149 Å². The molecule has 24 heavy (non-hydrogen) atoms. The summed E-state index contributed by atoms with van der Waals surface area (Å²) in [6, 6.07) is 7.73. The third-order valence-corrected chi connectivity index (χ3v) is 4.98. The second kappa shape index (κ2) is 6.96. The van der Waals surface area contributed by atoms with Crippen LogP contribution in [0.5, 0.6) is 0 Å². The fourth-order valence-corrected chi connectivity index (χ4v) is 3.49. The molecule has 1 N–H and O–H groups in total. The Morgan fingerprint density at radius 2 is 1.83 bits per heavy atom. The van der Waals surface area contributed by atoms with Gasteiger partial charge in [0, 0.05) is 19.1 Å². The Morgan fingerprint density at radius 1 is 1.17 bits per heavy atom. The van der Waals surface area contributed by atoms with Crippen LogP contribution in [0, 0.1) is 5.82 Å². The average molecular weight is 391 g/mol. The number of anilines is 1. The third-order valence-electron chi connectivity index (χ3n) is 3.07. The van der Waals surface area contributed by atoms with Gasteiger partial charge >= 0.3 is 0 Å². The third kappa shape index (κ3) is 3.80. The highest BCUT2D eigenvalue weighted by molar-refractivity contribution is 7.92. The Hall–Kier alpha value is -1.83. The number of halogens is 3. The van der Waals surface area contributed by atoms with E-state index >= 15 is 0 Å². The average Bonchev–Trinajstić information content (AvgIpc) is 2.49. The van der Waals surface area contributed by atoms with Crippen molar-refractivity contribution < 1.29 is 17.6 Å². The molecule has 0 saturated carbocycles.